The molecular formula is C27H36N4O4. The number of benzene rings is 2. The maximum Gasteiger partial charge on any atom is 0.337 e. The Bertz CT molecular complexity index is 987. The van der Waals surface area contributed by atoms with Gasteiger partial charge < -0.3 is 25.0 Å². The van der Waals surface area contributed by atoms with Crippen LogP contribution in [0.5, 0.6) is 5.75 Å². The lowest BCUT2D eigenvalue weighted by Gasteiger charge is -2.30. The number of hydrogen-bond donors (Lipinski definition) is 2. The molecule has 35 heavy (non-hydrogen) atoms. The quantitative estimate of drug-likeness (QED) is 0.380. The van der Waals surface area contributed by atoms with Crippen LogP contribution in [0.15, 0.2) is 60.7 Å². The van der Waals surface area contributed by atoms with Gasteiger partial charge in [0, 0.05) is 52.4 Å². The number of carbonyl (C=O) groups excluding carboxylic acids is 2. The van der Waals surface area contributed by atoms with E-state index in [1.807, 2.05) is 30.3 Å². The molecule has 1 aliphatic heterocycles. The van der Waals surface area contributed by atoms with E-state index in [0.29, 0.717) is 25.2 Å². The Hall–Kier alpha value is -3.36. The van der Waals surface area contributed by atoms with E-state index in [2.05, 4.69) is 22.1 Å². The van der Waals surface area contributed by atoms with E-state index >= 15 is 0 Å². The van der Waals surface area contributed by atoms with E-state index < -0.39 is 5.97 Å². The van der Waals surface area contributed by atoms with Crippen LogP contribution in [0, 0.1) is 0 Å². The van der Waals surface area contributed by atoms with Gasteiger partial charge in [-0.3, -0.25) is 4.90 Å². The van der Waals surface area contributed by atoms with Gasteiger partial charge in [0.25, 0.3) is 0 Å². The zero-order valence-electron chi connectivity index (χ0n) is 20.7. The molecule has 2 amide bonds. The van der Waals surface area contributed by atoms with Crippen molar-refractivity contribution in [1.82, 2.24) is 20.4 Å². The number of hydrogen-bond acceptors (Lipinski definition) is 6. The molecule has 0 radical (unpaired) electrons. The number of urea groups is 1. The van der Waals surface area contributed by atoms with Gasteiger partial charge in [-0.05, 0) is 47.4 Å². The van der Waals surface area contributed by atoms with Crippen LogP contribution >= 0.6 is 0 Å². The number of piperazine rings is 1. The summed E-state index contributed by atoms with van der Waals surface area (Å²) in [5.41, 5.74) is 3.42. The second-order valence-corrected chi connectivity index (χ2v) is 8.65. The normalized spacial score (nSPS) is 13.7. The van der Waals surface area contributed by atoms with E-state index in [1.54, 1.807) is 30.2 Å². The van der Waals surface area contributed by atoms with Crippen LogP contribution in [0.3, 0.4) is 0 Å². The Kier molecular flexibility index (Phi) is 10.1. The first kappa shape index (κ1) is 26.2. The first-order chi connectivity index (χ1) is 17.0. The number of rotatable bonds is 11. The molecule has 1 fully saturated rings. The highest BCUT2D eigenvalue weighted by Gasteiger charge is 2.17. The minimum atomic E-state index is -0.400. The molecule has 2 aromatic carbocycles. The van der Waals surface area contributed by atoms with Crippen molar-refractivity contribution < 1.29 is 19.1 Å². The highest BCUT2D eigenvalue weighted by molar-refractivity contribution is 5.89. The molecule has 0 spiro atoms. The van der Waals surface area contributed by atoms with E-state index in [4.69, 9.17) is 9.47 Å². The fourth-order valence-electron chi connectivity index (χ4n) is 4.03. The van der Waals surface area contributed by atoms with Gasteiger partial charge in [0.05, 0.1) is 19.8 Å². The molecule has 1 aliphatic rings. The molecule has 0 aliphatic carbocycles. The number of carbonyl (C=O) groups is 2. The molecule has 1 saturated heterocycles. The van der Waals surface area contributed by atoms with Crippen LogP contribution in [-0.4, -0.2) is 81.8 Å². The van der Waals surface area contributed by atoms with E-state index in [9.17, 15) is 9.59 Å². The van der Waals surface area contributed by atoms with Crippen LogP contribution in [0.25, 0.3) is 0 Å². The number of esters is 1. The molecule has 8 heteroatoms. The Morgan fingerprint density at radius 3 is 2.51 bits per heavy atom. The Morgan fingerprint density at radius 2 is 1.83 bits per heavy atom. The van der Waals surface area contributed by atoms with Gasteiger partial charge in [-0.2, -0.15) is 0 Å². The molecule has 0 aromatic heterocycles. The number of methoxy groups -OCH3 is 2. The molecule has 188 valence electrons. The molecule has 2 aromatic rings. The highest BCUT2D eigenvalue weighted by Crippen LogP contribution is 2.13. The predicted molar refractivity (Wildman–Crippen MR) is 137 cm³/mol. The minimum Gasteiger partial charge on any atom is -0.497 e. The molecule has 0 saturated carbocycles. The zero-order valence-corrected chi connectivity index (χ0v) is 20.7. The van der Waals surface area contributed by atoms with Crippen LogP contribution in [0.2, 0.25) is 0 Å². The summed E-state index contributed by atoms with van der Waals surface area (Å²) in [4.78, 5) is 29.2. The van der Waals surface area contributed by atoms with E-state index in [1.165, 1.54) is 7.11 Å². The number of ether oxygens (including phenoxy) is 2. The van der Waals surface area contributed by atoms with Crippen molar-refractivity contribution in [2.24, 2.45) is 0 Å². The van der Waals surface area contributed by atoms with Crippen LogP contribution < -0.4 is 15.4 Å². The third-order valence-electron chi connectivity index (χ3n) is 5.98. The van der Waals surface area contributed by atoms with Gasteiger partial charge >= 0.3 is 12.0 Å². The van der Waals surface area contributed by atoms with Crippen molar-refractivity contribution in [1.29, 1.82) is 0 Å². The van der Waals surface area contributed by atoms with Crippen molar-refractivity contribution in [3.05, 3.63) is 77.4 Å². The Balaban J connectivity index is 1.62. The highest BCUT2D eigenvalue weighted by atomic mass is 16.5. The monoisotopic (exact) mass is 480 g/mol. The number of nitrogens with zero attached hydrogens (tertiary/aromatic N) is 2. The standard InChI is InChI=1S/C27H36N4O4/c1-21(19-30-15-12-28-13-16-30)20-31(14-11-22-7-9-25(34-2)10-8-22)27(33)29-18-23-5-4-6-24(17-23)26(32)35-3/h4-10,17,28H,1,11-16,18-20H2,2-3H3,(H,29,33). The zero-order chi connectivity index (χ0) is 25.0. The fourth-order valence-corrected chi connectivity index (χ4v) is 4.03. The third-order valence-corrected chi connectivity index (χ3v) is 5.98. The maximum absolute atomic E-state index is 13.2. The lowest BCUT2D eigenvalue weighted by atomic mass is 10.1. The molecule has 0 unspecified atom stereocenters. The van der Waals surface area contributed by atoms with Crippen molar-refractivity contribution in [3.63, 3.8) is 0 Å². The minimum absolute atomic E-state index is 0.163. The van der Waals surface area contributed by atoms with Gasteiger partial charge in [0.15, 0.2) is 0 Å². The number of amides is 2. The second-order valence-electron chi connectivity index (χ2n) is 8.65. The van der Waals surface area contributed by atoms with Gasteiger partial charge in [-0.1, -0.05) is 30.8 Å². The van der Waals surface area contributed by atoms with Crippen molar-refractivity contribution in [3.8, 4) is 5.75 Å². The van der Waals surface area contributed by atoms with Crippen LogP contribution in [0.1, 0.15) is 21.5 Å². The van der Waals surface area contributed by atoms with Crippen molar-refractivity contribution in [2.45, 2.75) is 13.0 Å². The van der Waals surface area contributed by atoms with Crippen molar-refractivity contribution >= 4 is 12.0 Å². The van der Waals surface area contributed by atoms with Gasteiger partial charge in [0.1, 0.15) is 5.75 Å². The van der Waals surface area contributed by atoms with Crippen molar-refractivity contribution in [2.75, 3.05) is 60.0 Å². The molecule has 2 N–H and O–H groups in total. The van der Waals surface area contributed by atoms with Crippen LogP contribution in [0.4, 0.5) is 4.79 Å². The first-order valence-corrected chi connectivity index (χ1v) is 11.9. The second kappa shape index (κ2) is 13.5. The summed E-state index contributed by atoms with van der Waals surface area (Å²) < 4.78 is 10.0. The molecule has 1 heterocycles. The summed E-state index contributed by atoms with van der Waals surface area (Å²) in [6, 6.07) is 14.8. The Morgan fingerprint density at radius 1 is 1.09 bits per heavy atom. The fraction of sp³-hybridized carbons (Fsp3) is 0.407. The third kappa shape index (κ3) is 8.42. The van der Waals surface area contributed by atoms with Crippen LogP contribution in [-0.2, 0) is 17.7 Å². The molecule has 0 bridgehead atoms. The lowest BCUT2D eigenvalue weighted by Crippen LogP contribution is -2.46. The van der Waals surface area contributed by atoms with E-state index in [-0.39, 0.29) is 6.03 Å². The van der Waals surface area contributed by atoms with Gasteiger partial charge in [-0.15, -0.1) is 0 Å². The largest absolute Gasteiger partial charge is 0.497 e. The van der Waals surface area contributed by atoms with Gasteiger partial charge in [-0.25, -0.2) is 9.59 Å². The summed E-state index contributed by atoms with van der Waals surface area (Å²) in [6.07, 6.45) is 0.718. The average Bonchev–Trinajstić information content (AvgIpc) is 2.90. The molecule has 3 rings (SSSR count). The summed E-state index contributed by atoms with van der Waals surface area (Å²) in [6.45, 7) is 10.3. The van der Waals surface area contributed by atoms with E-state index in [0.717, 1.165) is 61.6 Å². The smallest absolute Gasteiger partial charge is 0.337 e. The summed E-state index contributed by atoms with van der Waals surface area (Å²) in [5, 5.41) is 6.35. The Labute approximate surface area is 207 Å². The molecule has 8 nitrogen and oxygen atoms in total. The topological polar surface area (TPSA) is 83.1 Å². The first-order valence-electron chi connectivity index (χ1n) is 11.9. The van der Waals surface area contributed by atoms with Gasteiger partial charge in [0.2, 0.25) is 0 Å². The number of nitrogens with one attached hydrogen (secondary N) is 2. The lowest BCUT2D eigenvalue weighted by molar-refractivity contribution is 0.0600. The summed E-state index contributed by atoms with van der Waals surface area (Å²) >= 11 is 0. The molecular weight excluding hydrogens is 444 g/mol. The summed E-state index contributed by atoms with van der Waals surface area (Å²) in [7, 11) is 3.00. The molecule has 0 atom stereocenters. The maximum atomic E-state index is 13.2. The summed E-state index contributed by atoms with van der Waals surface area (Å²) in [5.74, 6) is 0.408. The SMILES string of the molecule is C=C(CN1CCNCC1)CN(CCc1ccc(OC)cc1)C(=O)NCc1cccc(C(=O)OC)c1. The predicted octanol–water partition coefficient (Wildman–Crippen LogP) is 2.70. The average molecular weight is 481 g/mol.